The summed E-state index contributed by atoms with van der Waals surface area (Å²) in [6.45, 7) is 9.83. The lowest BCUT2D eigenvalue weighted by atomic mass is 9.76. The van der Waals surface area contributed by atoms with Gasteiger partial charge in [-0.15, -0.1) is 0 Å². The lowest BCUT2D eigenvalue weighted by Gasteiger charge is -2.38. The van der Waals surface area contributed by atoms with Gasteiger partial charge in [-0.3, -0.25) is 4.79 Å². The second kappa shape index (κ2) is 7.13. The normalized spacial score (nSPS) is 16.2. The van der Waals surface area contributed by atoms with Gasteiger partial charge >= 0.3 is 7.12 Å². The highest BCUT2D eigenvalue weighted by Crippen LogP contribution is 2.25. The zero-order chi connectivity index (χ0) is 18.0. The molecule has 2 rings (SSSR count). The molecule has 1 aliphatic rings. The van der Waals surface area contributed by atoms with E-state index in [1.807, 2.05) is 24.3 Å². The second-order valence-electron chi connectivity index (χ2n) is 7.26. The van der Waals surface area contributed by atoms with Crippen molar-refractivity contribution < 1.29 is 19.6 Å². The van der Waals surface area contributed by atoms with Crippen molar-refractivity contribution in [3.63, 3.8) is 0 Å². The quantitative estimate of drug-likeness (QED) is 0.575. The third-order valence-electron chi connectivity index (χ3n) is 4.89. The lowest BCUT2D eigenvalue weighted by molar-refractivity contribution is -0.118. The first-order chi connectivity index (χ1) is 11.1. The molecule has 0 aromatic heterocycles. The van der Waals surface area contributed by atoms with E-state index < -0.39 is 18.3 Å². The molecule has 1 heterocycles. The van der Waals surface area contributed by atoms with E-state index in [1.165, 1.54) is 0 Å². The first kappa shape index (κ1) is 18.8. The van der Waals surface area contributed by atoms with Gasteiger partial charge in [-0.25, -0.2) is 0 Å². The number of carbonyl (C=O) groups excluding carboxylic acids is 1. The van der Waals surface area contributed by atoms with E-state index in [1.54, 1.807) is 32.6 Å². The molecule has 0 radical (unpaired) electrons. The van der Waals surface area contributed by atoms with Crippen LogP contribution in [-0.4, -0.2) is 65.9 Å². The average molecular weight is 334 g/mol. The van der Waals surface area contributed by atoms with Crippen LogP contribution in [0, 0.1) is 0 Å². The summed E-state index contributed by atoms with van der Waals surface area (Å²) in [4.78, 5) is 14.7. The zero-order valence-corrected chi connectivity index (χ0v) is 14.9. The van der Waals surface area contributed by atoms with Gasteiger partial charge in [0.05, 0.1) is 11.2 Å². The van der Waals surface area contributed by atoms with Gasteiger partial charge in [0.25, 0.3) is 0 Å². The Bertz CT molecular complexity index is 549. The topological polar surface area (TPSA) is 73.2 Å². The number of aliphatic hydroxyl groups is 1. The maximum Gasteiger partial charge on any atom is 0.491 e. The maximum absolute atomic E-state index is 10.8. The van der Waals surface area contributed by atoms with E-state index in [9.17, 15) is 14.9 Å². The molecule has 0 spiro atoms. The number of benzene rings is 1. The monoisotopic (exact) mass is 334 g/mol. The van der Waals surface area contributed by atoms with Crippen LogP contribution in [-0.2, 0) is 9.45 Å². The van der Waals surface area contributed by atoms with E-state index in [-0.39, 0.29) is 0 Å². The lowest BCUT2D eigenvalue weighted by Crippen LogP contribution is -2.53. The number of anilines is 1. The van der Waals surface area contributed by atoms with Crippen LogP contribution in [0.2, 0.25) is 0 Å². The maximum atomic E-state index is 10.8. The molecule has 1 fully saturated rings. The molecular weight excluding hydrogens is 307 g/mol. The fourth-order valence-electron chi connectivity index (χ4n) is 2.43. The van der Waals surface area contributed by atoms with Crippen molar-refractivity contribution in [1.29, 1.82) is 0 Å². The predicted octanol–water partition coefficient (Wildman–Crippen LogP) is 0.219. The Kier molecular flexibility index (Phi) is 5.57. The smallest absolute Gasteiger partial charge is 0.423 e. The molecule has 0 unspecified atom stereocenters. The third kappa shape index (κ3) is 4.29. The van der Waals surface area contributed by atoms with Crippen molar-refractivity contribution in [2.24, 2.45) is 0 Å². The molecule has 0 saturated carbocycles. The molecule has 1 amide bonds. The summed E-state index contributed by atoms with van der Waals surface area (Å²) in [5, 5.41) is 20.4. The van der Waals surface area contributed by atoms with Gasteiger partial charge in [-0.2, -0.15) is 0 Å². The second-order valence-corrected chi connectivity index (χ2v) is 7.26. The predicted molar refractivity (Wildman–Crippen MR) is 95.4 cm³/mol. The van der Waals surface area contributed by atoms with Gasteiger partial charge < -0.3 is 24.6 Å². The molecule has 6 nitrogen and oxygen atoms in total. The van der Waals surface area contributed by atoms with Crippen LogP contribution in [0.4, 0.5) is 5.69 Å². The number of carbonyl (C=O) groups is 1. The minimum absolute atomic E-state index is 0.641. The van der Waals surface area contributed by atoms with Gasteiger partial charge in [0.15, 0.2) is 0 Å². The molecule has 132 valence electrons. The van der Waals surface area contributed by atoms with Crippen molar-refractivity contribution in [2.75, 3.05) is 31.1 Å². The van der Waals surface area contributed by atoms with Crippen molar-refractivity contribution >= 4 is 24.7 Å². The first-order valence-electron chi connectivity index (χ1n) is 8.26. The van der Waals surface area contributed by atoms with Crippen LogP contribution in [0.25, 0.3) is 0 Å². The number of nitrogens with zero attached hydrogens (tertiary/aromatic N) is 2. The third-order valence-corrected chi connectivity index (χ3v) is 4.89. The van der Waals surface area contributed by atoms with E-state index >= 15 is 0 Å². The van der Waals surface area contributed by atoms with Crippen LogP contribution in [0.5, 0.6) is 0 Å². The van der Waals surface area contributed by atoms with E-state index in [0.717, 1.165) is 38.3 Å². The Hall–Kier alpha value is -1.57. The van der Waals surface area contributed by atoms with Crippen LogP contribution in [0.1, 0.15) is 27.7 Å². The molecule has 0 aliphatic carbocycles. The van der Waals surface area contributed by atoms with Crippen LogP contribution in [0.15, 0.2) is 24.3 Å². The highest BCUT2D eigenvalue weighted by atomic mass is 16.5. The highest BCUT2D eigenvalue weighted by molar-refractivity contribution is 6.60. The SMILES string of the molecule is CC(C)(O)C(C)(C)OB(O)c1ccc(N2CCN(C=O)CC2)cc1. The van der Waals surface area contributed by atoms with Gasteiger partial charge in [0, 0.05) is 31.9 Å². The molecule has 0 bridgehead atoms. The number of hydrogen-bond donors (Lipinski definition) is 2. The molecule has 0 atom stereocenters. The Morgan fingerprint density at radius 1 is 1.08 bits per heavy atom. The summed E-state index contributed by atoms with van der Waals surface area (Å²) in [5.74, 6) is 0. The summed E-state index contributed by atoms with van der Waals surface area (Å²) in [5.41, 5.74) is -0.275. The van der Waals surface area contributed by atoms with Crippen molar-refractivity contribution in [2.45, 2.75) is 38.9 Å². The van der Waals surface area contributed by atoms with Crippen LogP contribution >= 0.6 is 0 Å². The van der Waals surface area contributed by atoms with E-state index in [2.05, 4.69) is 4.90 Å². The molecule has 1 saturated heterocycles. The summed E-state index contributed by atoms with van der Waals surface area (Å²) in [6.07, 6.45) is 0.887. The summed E-state index contributed by atoms with van der Waals surface area (Å²) in [7, 11) is -1.10. The Labute approximate surface area is 144 Å². The number of rotatable bonds is 6. The molecule has 1 aromatic rings. The van der Waals surface area contributed by atoms with Crippen LogP contribution in [0.3, 0.4) is 0 Å². The molecule has 2 N–H and O–H groups in total. The van der Waals surface area contributed by atoms with Gasteiger partial charge in [0.1, 0.15) is 0 Å². The fraction of sp³-hybridized carbons (Fsp3) is 0.588. The number of amides is 1. The molecule has 1 aliphatic heterocycles. The minimum Gasteiger partial charge on any atom is -0.423 e. The van der Waals surface area contributed by atoms with Crippen molar-refractivity contribution in [3.05, 3.63) is 24.3 Å². The number of piperazine rings is 1. The average Bonchev–Trinajstić information content (AvgIpc) is 2.53. The summed E-state index contributed by atoms with van der Waals surface area (Å²) < 4.78 is 5.65. The molecular formula is C17H27BN2O4. The Morgan fingerprint density at radius 3 is 2.08 bits per heavy atom. The fourth-order valence-corrected chi connectivity index (χ4v) is 2.43. The van der Waals surface area contributed by atoms with Gasteiger partial charge in [0.2, 0.25) is 6.41 Å². The largest absolute Gasteiger partial charge is 0.491 e. The minimum atomic E-state index is -1.10. The number of hydrogen-bond acceptors (Lipinski definition) is 5. The van der Waals surface area contributed by atoms with E-state index in [4.69, 9.17) is 4.65 Å². The Morgan fingerprint density at radius 2 is 1.62 bits per heavy atom. The molecule has 1 aromatic carbocycles. The van der Waals surface area contributed by atoms with Crippen LogP contribution < -0.4 is 10.4 Å². The first-order valence-corrected chi connectivity index (χ1v) is 8.26. The van der Waals surface area contributed by atoms with Crippen molar-refractivity contribution in [1.82, 2.24) is 4.90 Å². The van der Waals surface area contributed by atoms with E-state index in [0.29, 0.717) is 5.46 Å². The molecule has 24 heavy (non-hydrogen) atoms. The Balaban J connectivity index is 2.00. The summed E-state index contributed by atoms with van der Waals surface area (Å²) in [6, 6.07) is 7.53. The van der Waals surface area contributed by atoms with Gasteiger partial charge in [-0.1, -0.05) is 12.1 Å². The standard InChI is InChI=1S/C17H27BN2O4/c1-16(2,22)17(3,4)24-18(23)14-5-7-15(8-6-14)20-11-9-19(13-21)10-12-20/h5-8,13,22-23H,9-12H2,1-4H3. The van der Waals surface area contributed by atoms with Crippen molar-refractivity contribution in [3.8, 4) is 0 Å². The highest BCUT2D eigenvalue weighted by Gasteiger charge is 2.39. The van der Waals surface area contributed by atoms with Gasteiger partial charge in [-0.05, 0) is 45.3 Å². The zero-order valence-electron chi connectivity index (χ0n) is 14.9. The molecule has 7 heteroatoms. The summed E-state index contributed by atoms with van der Waals surface area (Å²) >= 11 is 0.